The molecule has 0 spiro atoms. The third kappa shape index (κ3) is 3.55. The van der Waals surface area contributed by atoms with Crippen LogP contribution in [-0.2, 0) is 4.79 Å². The normalized spacial score (nSPS) is 11.7. The number of rotatable bonds is 5. The van der Waals surface area contributed by atoms with Crippen LogP contribution in [0.4, 0.5) is 4.39 Å². The van der Waals surface area contributed by atoms with Gasteiger partial charge in [0.1, 0.15) is 11.5 Å². The molecule has 0 saturated carbocycles. The van der Waals surface area contributed by atoms with Crippen LogP contribution >= 0.6 is 0 Å². The Hall–Kier alpha value is -3.48. The Bertz CT molecular complexity index is 895. The van der Waals surface area contributed by atoms with E-state index >= 15 is 0 Å². The summed E-state index contributed by atoms with van der Waals surface area (Å²) in [4.78, 5) is 23.8. The molecule has 0 fully saturated rings. The molecule has 1 atom stereocenters. The summed E-state index contributed by atoms with van der Waals surface area (Å²) >= 11 is 0. The van der Waals surface area contributed by atoms with Crippen LogP contribution in [0.2, 0.25) is 0 Å². The van der Waals surface area contributed by atoms with Gasteiger partial charge in [0.15, 0.2) is 6.04 Å². The molecule has 0 unspecified atom stereocenters. The molecule has 0 saturated heterocycles. The topological polar surface area (TPSA) is 84.2 Å². The van der Waals surface area contributed by atoms with Crippen LogP contribution in [0.15, 0.2) is 67.0 Å². The van der Waals surface area contributed by atoms with E-state index in [0.717, 1.165) is 6.07 Å². The minimum atomic E-state index is -1.22. The van der Waals surface area contributed by atoms with Gasteiger partial charge in [-0.15, -0.1) is 0 Å². The van der Waals surface area contributed by atoms with Gasteiger partial charge in [0.25, 0.3) is 5.91 Å². The van der Waals surface area contributed by atoms with Crippen molar-refractivity contribution < 1.29 is 19.1 Å². The molecule has 2 aromatic carbocycles. The molecule has 0 aliphatic carbocycles. The second-order valence-corrected chi connectivity index (χ2v) is 5.27. The maximum absolute atomic E-state index is 14.2. The van der Waals surface area contributed by atoms with Crippen molar-refractivity contribution in [3.63, 3.8) is 0 Å². The first-order valence-corrected chi connectivity index (χ1v) is 7.44. The quantitative estimate of drug-likeness (QED) is 0.748. The summed E-state index contributed by atoms with van der Waals surface area (Å²) in [5.41, 5.74) is 0.645. The monoisotopic (exact) mass is 339 g/mol. The average molecular weight is 339 g/mol. The average Bonchev–Trinajstić information content (AvgIpc) is 3.14. The highest BCUT2D eigenvalue weighted by molar-refractivity contribution is 5.97. The number of carbonyl (C=O) groups excluding carboxylic acids is 1. The molecule has 126 valence electrons. The minimum Gasteiger partial charge on any atom is -0.479 e. The fraction of sp³-hybridized carbons (Fsp3) is 0.0556. The van der Waals surface area contributed by atoms with Crippen molar-refractivity contribution in [3.05, 3.63) is 83.9 Å². The summed E-state index contributed by atoms with van der Waals surface area (Å²) in [6.45, 7) is 0. The number of aromatic nitrogens is 2. The van der Waals surface area contributed by atoms with E-state index in [2.05, 4.69) is 10.4 Å². The first kappa shape index (κ1) is 16.4. The van der Waals surface area contributed by atoms with Gasteiger partial charge < -0.3 is 10.4 Å². The molecule has 6 nitrogen and oxygen atoms in total. The smallest absolute Gasteiger partial charge is 0.330 e. The predicted octanol–water partition coefficient (Wildman–Crippen LogP) is 2.57. The van der Waals surface area contributed by atoms with Crippen LogP contribution in [0.5, 0.6) is 0 Å². The number of carboxylic acids is 1. The Kier molecular flexibility index (Phi) is 4.56. The van der Waals surface area contributed by atoms with E-state index in [4.69, 9.17) is 0 Å². The summed E-state index contributed by atoms with van der Waals surface area (Å²) in [5, 5.41) is 15.7. The van der Waals surface area contributed by atoms with Crippen molar-refractivity contribution >= 4 is 11.9 Å². The number of nitrogens with one attached hydrogen (secondary N) is 1. The van der Waals surface area contributed by atoms with Gasteiger partial charge in [-0.05, 0) is 29.8 Å². The van der Waals surface area contributed by atoms with E-state index in [-0.39, 0.29) is 11.3 Å². The van der Waals surface area contributed by atoms with Crippen molar-refractivity contribution in [2.75, 3.05) is 0 Å². The number of benzene rings is 2. The molecule has 1 aromatic heterocycles. The highest BCUT2D eigenvalue weighted by Gasteiger charge is 2.23. The zero-order valence-electron chi connectivity index (χ0n) is 13.0. The van der Waals surface area contributed by atoms with Gasteiger partial charge in [0.2, 0.25) is 0 Å². The molecule has 3 aromatic rings. The second-order valence-electron chi connectivity index (χ2n) is 5.27. The zero-order chi connectivity index (χ0) is 17.8. The molecule has 0 radical (unpaired) electrons. The third-order valence-electron chi connectivity index (χ3n) is 3.62. The summed E-state index contributed by atoms with van der Waals surface area (Å²) in [5.74, 6) is -2.52. The maximum Gasteiger partial charge on any atom is 0.330 e. The van der Waals surface area contributed by atoms with Crippen LogP contribution in [0.3, 0.4) is 0 Å². The van der Waals surface area contributed by atoms with Gasteiger partial charge in [0, 0.05) is 18.0 Å². The van der Waals surface area contributed by atoms with Gasteiger partial charge in [-0.1, -0.05) is 30.3 Å². The number of amides is 1. The lowest BCUT2D eigenvalue weighted by Gasteiger charge is -2.15. The van der Waals surface area contributed by atoms with E-state index < -0.39 is 23.7 Å². The first-order valence-electron chi connectivity index (χ1n) is 7.44. The van der Waals surface area contributed by atoms with Crippen molar-refractivity contribution in [2.45, 2.75) is 6.04 Å². The number of halogens is 1. The number of hydrogen-bond donors (Lipinski definition) is 2. The standard InChI is InChI=1S/C18H14FN3O3/c19-14-11-13(7-8-15(14)22-10-4-9-20-22)17(23)21-16(18(24)25)12-5-2-1-3-6-12/h1-11,16H,(H,21,23)(H,24,25)/t16-/m0/s1. The Morgan fingerprint density at radius 1 is 1.12 bits per heavy atom. The van der Waals surface area contributed by atoms with Gasteiger partial charge in [-0.3, -0.25) is 4.79 Å². The summed E-state index contributed by atoms with van der Waals surface area (Å²) < 4.78 is 15.6. The Morgan fingerprint density at radius 3 is 2.48 bits per heavy atom. The van der Waals surface area contributed by atoms with Gasteiger partial charge in [-0.25, -0.2) is 13.9 Å². The van der Waals surface area contributed by atoms with Crippen LogP contribution in [0, 0.1) is 5.82 Å². The molecule has 0 bridgehead atoms. The van der Waals surface area contributed by atoms with Crippen molar-refractivity contribution in [1.29, 1.82) is 0 Å². The van der Waals surface area contributed by atoms with Crippen LogP contribution < -0.4 is 5.32 Å². The minimum absolute atomic E-state index is 0.0237. The fourth-order valence-corrected chi connectivity index (χ4v) is 2.39. The van der Waals surface area contributed by atoms with E-state index in [9.17, 15) is 19.1 Å². The molecular formula is C18H14FN3O3. The van der Waals surface area contributed by atoms with Crippen molar-refractivity contribution in [1.82, 2.24) is 15.1 Å². The fourth-order valence-electron chi connectivity index (χ4n) is 2.39. The largest absolute Gasteiger partial charge is 0.479 e. The second kappa shape index (κ2) is 6.96. The third-order valence-corrected chi connectivity index (χ3v) is 3.62. The molecule has 0 aliphatic heterocycles. The number of carboxylic acid groups (broad SMARTS) is 1. The molecule has 1 amide bonds. The number of aliphatic carboxylic acids is 1. The molecule has 3 rings (SSSR count). The molecule has 1 heterocycles. The highest BCUT2D eigenvalue weighted by Crippen LogP contribution is 2.17. The molecule has 25 heavy (non-hydrogen) atoms. The number of hydrogen-bond acceptors (Lipinski definition) is 3. The lowest BCUT2D eigenvalue weighted by atomic mass is 10.1. The lowest BCUT2D eigenvalue weighted by Crippen LogP contribution is -2.33. The summed E-state index contributed by atoms with van der Waals surface area (Å²) in [6, 6.07) is 12.6. The molecule has 7 heteroatoms. The summed E-state index contributed by atoms with van der Waals surface area (Å²) in [7, 11) is 0. The maximum atomic E-state index is 14.2. The van der Waals surface area contributed by atoms with E-state index in [1.165, 1.54) is 23.0 Å². The van der Waals surface area contributed by atoms with Gasteiger partial charge in [0.05, 0.1) is 0 Å². The Morgan fingerprint density at radius 2 is 1.88 bits per heavy atom. The van der Waals surface area contributed by atoms with Crippen molar-refractivity contribution in [2.24, 2.45) is 0 Å². The Balaban J connectivity index is 1.83. The highest BCUT2D eigenvalue weighted by atomic mass is 19.1. The van der Waals surface area contributed by atoms with E-state index in [1.807, 2.05) is 0 Å². The molecule has 2 N–H and O–H groups in total. The zero-order valence-corrected chi connectivity index (χ0v) is 13.0. The number of carbonyl (C=O) groups is 2. The van der Waals surface area contributed by atoms with Crippen LogP contribution in [0.25, 0.3) is 5.69 Å². The van der Waals surface area contributed by atoms with Crippen molar-refractivity contribution in [3.8, 4) is 5.69 Å². The van der Waals surface area contributed by atoms with E-state index in [0.29, 0.717) is 5.56 Å². The Labute approximate surface area is 142 Å². The lowest BCUT2D eigenvalue weighted by molar-refractivity contribution is -0.139. The SMILES string of the molecule is O=C(N[C@H](C(=O)O)c1ccccc1)c1ccc(-n2cccn2)c(F)c1. The number of nitrogens with zero attached hydrogens (tertiary/aromatic N) is 2. The van der Waals surface area contributed by atoms with Crippen LogP contribution in [0.1, 0.15) is 22.0 Å². The van der Waals surface area contributed by atoms with Gasteiger partial charge in [-0.2, -0.15) is 5.10 Å². The van der Waals surface area contributed by atoms with Gasteiger partial charge >= 0.3 is 5.97 Å². The predicted molar refractivity (Wildman–Crippen MR) is 87.8 cm³/mol. The molecular weight excluding hydrogens is 325 g/mol. The summed E-state index contributed by atoms with van der Waals surface area (Å²) in [6.07, 6.45) is 3.09. The van der Waals surface area contributed by atoms with Crippen LogP contribution in [-0.4, -0.2) is 26.8 Å². The first-order chi connectivity index (χ1) is 12.1. The molecule has 0 aliphatic rings. The van der Waals surface area contributed by atoms with E-state index in [1.54, 1.807) is 42.6 Å².